The summed E-state index contributed by atoms with van der Waals surface area (Å²) in [6.07, 6.45) is 0. The molecule has 2 aliphatic rings. The molecule has 0 spiro atoms. The van der Waals surface area contributed by atoms with Crippen LogP contribution in [0, 0.1) is 25.7 Å². The number of aryl methyl sites for hydroxylation is 2. The molecule has 0 amide bonds. The molecule has 0 aromatic heterocycles. The molecule has 152 valence electrons. The molecule has 3 rings (SSSR count). The van der Waals surface area contributed by atoms with E-state index < -0.39 is 0 Å². The summed E-state index contributed by atoms with van der Waals surface area (Å²) in [5, 5.41) is 9.93. The van der Waals surface area contributed by atoms with E-state index in [2.05, 4.69) is 47.6 Å². The minimum Gasteiger partial charge on any atom is -0.496 e. The van der Waals surface area contributed by atoms with Crippen molar-refractivity contribution in [3.8, 4) is 5.75 Å². The van der Waals surface area contributed by atoms with Crippen LogP contribution in [0.2, 0.25) is 0 Å². The van der Waals surface area contributed by atoms with Gasteiger partial charge in [0.1, 0.15) is 5.75 Å². The van der Waals surface area contributed by atoms with Crippen LogP contribution >= 0.6 is 0 Å². The van der Waals surface area contributed by atoms with E-state index in [-0.39, 0.29) is 0 Å². The monoisotopic (exact) mass is 375 g/mol. The van der Waals surface area contributed by atoms with Gasteiger partial charge in [-0.15, -0.1) is 0 Å². The van der Waals surface area contributed by atoms with E-state index >= 15 is 0 Å². The van der Waals surface area contributed by atoms with E-state index in [9.17, 15) is 5.11 Å². The van der Waals surface area contributed by atoms with E-state index in [1.54, 1.807) is 7.11 Å². The predicted molar refractivity (Wildman–Crippen MR) is 110 cm³/mol. The second-order valence-corrected chi connectivity index (χ2v) is 8.38. The zero-order valence-electron chi connectivity index (χ0n) is 17.6. The minimum absolute atomic E-state index is 0.302. The standard InChI is InChI=1S/C22H37N3O2/c1-5-23-6-8-24(9-7-23)13-20-14-25(15-21(20)16-26)12-19-10-18(3)22(27-4)11-17(19)2/h10-11,20-21,26H,5-9,12-16H2,1-4H3/t20-,21-/m1/s1. The summed E-state index contributed by atoms with van der Waals surface area (Å²) in [7, 11) is 1.73. The van der Waals surface area contributed by atoms with Crippen LogP contribution in [-0.4, -0.2) is 85.9 Å². The number of aliphatic hydroxyl groups is 1. The van der Waals surface area contributed by atoms with Crippen molar-refractivity contribution in [2.24, 2.45) is 11.8 Å². The van der Waals surface area contributed by atoms with Gasteiger partial charge in [0.25, 0.3) is 0 Å². The first-order chi connectivity index (χ1) is 13.0. The highest BCUT2D eigenvalue weighted by Crippen LogP contribution is 2.28. The number of benzene rings is 1. The van der Waals surface area contributed by atoms with Crippen LogP contribution in [0.5, 0.6) is 5.75 Å². The van der Waals surface area contributed by atoms with Gasteiger partial charge >= 0.3 is 0 Å². The van der Waals surface area contributed by atoms with Gasteiger partial charge < -0.3 is 19.6 Å². The lowest BCUT2D eigenvalue weighted by atomic mass is 9.96. The lowest BCUT2D eigenvalue weighted by molar-refractivity contribution is 0.106. The smallest absolute Gasteiger partial charge is 0.122 e. The Labute approximate surface area is 164 Å². The van der Waals surface area contributed by atoms with Crippen molar-refractivity contribution in [2.75, 3.05) is 66.1 Å². The largest absolute Gasteiger partial charge is 0.496 e. The number of methoxy groups -OCH3 is 1. The minimum atomic E-state index is 0.302. The molecule has 1 aromatic carbocycles. The quantitative estimate of drug-likeness (QED) is 0.789. The number of hydrogen-bond donors (Lipinski definition) is 1. The third-order valence-electron chi connectivity index (χ3n) is 6.54. The first-order valence-corrected chi connectivity index (χ1v) is 10.5. The molecule has 5 heteroatoms. The highest BCUT2D eigenvalue weighted by Gasteiger charge is 2.34. The third-order valence-corrected chi connectivity index (χ3v) is 6.54. The molecule has 2 atom stereocenters. The zero-order valence-corrected chi connectivity index (χ0v) is 17.6. The molecule has 2 fully saturated rings. The van der Waals surface area contributed by atoms with Gasteiger partial charge in [0.15, 0.2) is 0 Å². The number of hydrogen-bond acceptors (Lipinski definition) is 5. The number of piperazine rings is 1. The van der Waals surface area contributed by atoms with Crippen molar-refractivity contribution in [1.29, 1.82) is 0 Å². The van der Waals surface area contributed by atoms with Crippen molar-refractivity contribution in [3.63, 3.8) is 0 Å². The van der Waals surface area contributed by atoms with Gasteiger partial charge in [-0.3, -0.25) is 4.90 Å². The lowest BCUT2D eigenvalue weighted by Gasteiger charge is -2.36. The Bertz CT molecular complexity index is 614. The molecule has 2 aliphatic heterocycles. The van der Waals surface area contributed by atoms with Crippen LogP contribution in [0.1, 0.15) is 23.6 Å². The second-order valence-electron chi connectivity index (χ2n) is 8.38. The average molecular weight is 376 g/mol. The average Bonchev–Trinajstić information content (AvgIpc) is 3.06. The molecule has 2 heterocycles. The van der Waals surface area contributed by atoms with Gasteiger partial charge in [0.05, 0.1) is 7.11 Å². The lowest BCUT2D eigenvalue weighted by Crippen LogP contribution is -2.48. The summed E-state index contributed by atoms with van der Waals surface area (Å²) in [5.74, 6) is 1.94. The molecular weight excluding hydrogens is 338 g/mol. The van der Waals surface area contributed by atoms with Crippen LogP contribution in [0.4, 0.5) is 0 Å². The summed E-state index contributed by atoms with van der Waals surface area (Å²) in [6.45, 7) is 16.9. The summed E-state index contributed by atoms with van der Waals surface area (Å²) in [5.41, 5.74) is 3.86. The molecular formula is C22H37N3O2. The maximum absolute atomic E-state index is 9.93. The summed E-state index contributed by atoms with van der Waals surface area (Å²) < 4.78 is 5.45. The predicted octanol–water partition coefficient (Wildman–Crippen LogP) is 1.99. The van der Waals surface area contributed by atoms with Gasteiger partial charge in [-0.1, -0.05) is 13.0 Å². The molecule has 0 bridgehead atoms. The summed E-state index contributed by atoms with van der Waals surface area (Å²) in [4.78, 5) is 7.66. The second kappa shape index (κ2) is 9.37. The van der Waals surface area contributed by atoms with Crippen LogP contribution in [-0.2, 0) is 6.54 Å². The van der Waals surface area contributed by atoms with Crippen molar-refractivity contribution in [2.45, 2.75) is 27.3 Å². The Morgan fingerprint density at radius 1 is 0.963 bits per heavy atom. The van der Waals surface area contributed by atoms with Crippen LogP contribution < -0.4 is 4.74 Å². The van der Waals surface area contributed by atoms with Crippen LogP contribution in [0.25, 0.3) is 0 Å². The Morgan fingerprint density at radius 2 is 1.63 bits per heavy atom. The van der Waals surface area contributed by atoms with Crippen LogP contribution in [0.15, 0.2) is 12.1 Å². The fourth-order valence-corrected chi connectivity index (χ4v) is 4.68. The molecule has 0 unspecified atom stereocenters. The molecule has 0 aliphatic carbocycles. The Balaban J connectivity index is 1.58. The molecule has 2 saturated heterocycles. The molecule has 0 radical (unpaired) electrons. The van der Waals surface area contributed by atoms with E-state index in [0.717, 1.165) is 38.5 Å². The fraction of sp³-hybridized carbons (Fsp3) is 0.727. The van der Waals surface area contributed by atoms with E-state index in [0.29, 0.717) is 18.4 Å². The Kier molecular flexibility index (Phi) is 7.15. The Hall–Kier alpha value is -1.14. The number of rotatable bonds is 7. The number of aliphatic hydroxyl groups excluding tert-OH is 1. The number of likely N-dealkylation sites (N-methyl/N-ethyl adjacent to an activating group) is 1. The number of nitrogens with zero attached hydrogens (tertiary/aromatic N) is 3. The van der Waals surface area contributed by atoms with Gasteiger partial charge in [0, 0.05) is 59.0 Å². The number of likely N-dealkylation sites (tertiary alicyclic amines) is 1. The molecule has 1 N–H and O–H groups in total. The summed E-state index contributed by atoms with van der Waals surface area (Å²) in [6, 6.07) is 4.41. The maximum atomic E-state index is 9.93. The van der Waals surface area contributed by atoms with Gasteiger partial charge in [-0.25, -0.2) is 0 Å². The molecule has 1 aromatic rings. The van der Waals surface area contributed by atoms with Gasteiger partial charge in [-0.05, 0) is 55.0 Å². The first-order valence-electron chi connectivity index (χ1n) is 10.5. The van der Waals surface area contributed by atoms with Crippen molar-refractivity contribution < 1.29 is 9.84 Å². The van der Waals surface area contributed by atoms with E-state index in [4.69, 9.17) is 4.74 Å². The first kappa shape index (κ1) is 20.6. The molecule has 27 heavy (non-hydrogen) atoms. The number of ether oxygens (including phenoxy) is 1. The molecule has 0 saturated carbocycles. The highest BCUT2D eigenvalue weighted by atomic mass is 16.5. The summed E-state index contributed by atoms with van der Waals surface area (Å²) >= 11 is 0. The SMILES string of the molecule is CCN1CCN(C[C@@H]2CN(Cc3cc(C)c(OC)cc3C)C[C@@H]2CO)CC1. The van der Waals surface area contributed by atoms with Gasteiger partial charge in [-0.2, -0.15) is 0 Å². The van der Waals surface area contributed by atoms with E-state index in [1.165, 1.54) is 42.9 Å². The normalized spacial score (nSPS) is 25.2. The van der Waals surface area contributed by atoms with E-state index in [1.807, 2.05) is 0 Å². The van der Waals surface area contributed by atoms with Crippen molar-refractivity contribution in [3.05, 3.63) is 28.8 Å². The topological polar surface area (TPSA) is 39.2 Å². The highest BCUT2D eigenvalue weighted by molar-refractivity contribution is 5.41. The van der Waals surface area contributed by atoms with Gasteiger partial charge in [0.2, 0.25) is 0 Å². The zero-order chi connectivity index (χ0) is 19.4. The molecule has 5 nitrogen and oxygen atoms in total. The maximum Gasteiger partial charge on any atom is 0.122 e. The fourth-order valence-electron chi connectivity index (χ4n) is 4.68. The third kappa shape index (κ3) is 5.02. The van der Waals surface area contributed by atoms with Crippen molar-refractivity contribution in [1.82, 2.24) is 14.7 Å². The Morgan fingerprint density at radius 3 is 2.26 bits per heavy atom. The van der Waals surface area contributed by atoms with Crippen LogP contribution in [0.3, 0.4) is 0 Å². The van der Waals surface area contributed by atoms with Crippen molar-refractivity contribution >= 4 is 0 Å².